The average Bonchev–Trinajstić information content (AvgIpc) is 2.49. The number of nitrogens with one attached hydrogen (secondary N) is 1. The van der Waals surface area contributed by atoms with Crippen LogP contribution < -0.4 is 5.32 Å². The predicted molar refractivity (Wildman–Crippen MR) is 64.8 cm³/mol. The molecule has 0 radical (unpaired) electrons. The lowest BCUT2D eigenvalue weighted by molar-refractivity contribution is 0.188. The maximum Gasteiger partial charge on any atom is 0.0672 e. The Bertz CT molecular complexity index is 235. The molecule has 0 heterocycles. The summed E-state index contributed by atoms with van der Waals surface area (Å²) in [6.45, 7) is 4.37. The second-order valence-electron chi connectivity index (χ2n) is 5.18. The number of aliphatic hydroxyl groups excluding tert-OH is 1. The highest BCUT2D eigenvalue weighted by Gasteiger charge is 2.26. The van der Waals surface area contributed by atoms with E-state index in [0.29, 0.717) is 5.92 Å². The lowest BCUT2D eigenvalue weighted by Crippen LogP contribution is -2.46. The van der Waals surface area contributed by atoms with Crippen molar-refractivity contribution in [3.05, 3.63) is 0 Å². The van der Waals surface area contributed by atoms with E-state index in [1.807, 2.05) is 0 Å². The minimum Gasteiger partial charge on any atom is -0.395 e. The quantitative estimate of drug-likeness (QED) is 0.719. The van der Waals surface area contributed by atoms with Crippen LogP contribution in [0.2, 0.25) is 0 Å². The molecular formula is C13H24N2O. The van der Waals surface area contributed by atoms with Gasteiger partial charge in [0.15, 0.2) is 0 Å². The Balaban J connectivity index is 2.57. The molecule has 2 N–H and O–H groups in total. The molecule has 1 aliphatic carbocycles. The smallest absolute Gasteiger partial charge is 0.0672 e. The summed E-state index contributed by atoms with van der Waals surface area (Å²) in [5.41, 5.74) is 0. The summed E-state index contributed by atoms with van der Waals surface area (Å²) in [6, 6.07) is 2.81. The van der Waals surface area contributed by atoms with Crippen molar-refractivity contribution in [2.75, 3.05) is 6.61 Å². The van der Waals surface area contributed by atoms with Crippen molar-refractivity contribution < 1.29 is 5.11 Å². The number of nitriles is 1. The highest BCUT2D eigenvalue weighted by atomic mass is 16.3. The van der Waals surface area contributed by atoms with Gasteiger partial charge in [-0.25, -0.2) is 0 Å². The van der Waals surface area contributed by atoms with E-state index in [1.54, 1.807) is 0 Å². The first-order valence-electron chi connectivity index (χ1n) is 6.45. The Morgan fingerprint density at radius 1 is 1.31 bits per heavy atom. The standard InChI is InChI=1S/C13H24N2O/c1-10(2)13(9-16)15-12-7-5-3-4-6-11(12)8-14/h10-13,15-16H,3-7,9H2,1-2H3. The van der Waals surface area contributed by atoms with Crippen LogP contribution in [0.25, 0.3) is 0 Å². The van der Waals surface area contributed by atoms with Gasteiger partial charge in [0.25, 0.3) is 0 Å². The van der Waals surface area contributed by atoms with Crippen LogP contribution in [0.4, 0.5) is 0 Å². The zero-order chi connectivity index (χ0) is 12.0. The first-order chi connectivity index (χ1) is 7.69. The molecule has 1 saturated carbocycles. The summed E-state index contributed by atoms with van der Waals surface area (Å²) in [5, 5.41) is 21.9. The largest absolute Gasteiger partial charge is 0.395 e. The molecule has 0 amide bonds. The summed E-state index contributed by atoms with van der Waals surface area (Å²) in [5.74, 6) is 0.530. The van der Waals surface area contributed by atoms with E-state index in [9.17, 15) is 5.11 Å². The monoisotopic (exact) mass is 224 g/mol. The molecule has 1 aliphatic rings. The third-order valence-corrected chi connectivity index (χ3v) is 3.61. The van der Waals surface area contributed by atoms with Crippen LogP contribution in [0, 0.1) is 23.2 Å². The second-order valence-corrected chi connectivity index (χ2v) is 5.18. The molecule has 3 unspecified atom stereocenters. The number of hydrogen-bond acceptors (Lipinski definition) is 3. The minimum atomic E-state index is 0.121. The van der Waals surface area contributed by atoms with Crippen molar-refractivity contribution in [3.8, 4) is 6.07 Å². The molecule has 92 valence electrons. The SMILES string of the molecule is CC(C)C(CO)NC1CCCCCC1C#N. The Kier molecular flexibility index (Phi) is 5.79. The van der Waals surface area contributed by atoms with Crippen LogP contribution in [0.5, 0.6) is 0 Å². The zero-order valence-corrected chi connectivity index (χ0v) is 10.4. The molecule has 0 bridgehead atoms. The summed E-state index contributed by atoms with van der Waals surface area (Å²) in [7, 11) is 0. The maximum absolute atomic E-state index is 9.31. The van der Waals surface area contributed by atoms with Crippen LogP contribution in [0.3, 0.4) is 0 Å². The summed E-state index contributed by atoms with van der Waals surface area (Å²) < 4.78 is 0. The van der Waals surface area contributed by atoms with Gasteiger partial charge in [-0.2, -0.15) is 5.26 Å². The molecule has 0 aromatic heterocycles. The first kappa shape index (κ1) is 13.5. The Labute approximate surface area is 98.8 Å². The van der Waals surface area contributed by atoms with Gasteiger partial charge in [0, 0.05) is 12.1 Å². The van der Waals surface area contributed by atoms with Gasteiger partial charge >= 0.3 is 0 Å². The van der Waals surface area contributed by atoms with Gasteiger partial charge in [-0.05, 0) is 18.8 Å². The lowest BCUT2D eigenvalue weighted by atomic mass is 9.94. The molecule has 3 atom stereocenters. The lowest BCUT2D eigenvalue weighted by Gasteiger charge is -2.28. The molecule has 0 aromatic carbocycles. The van der Waals surface area contributed by atoms with Crippen LogP contribution in [-0.4, -0.2) is 23.8 Å². The van der Waals surface area contributed by atoms with E-state index in [4.69, 9.17) is 5.26 Å². The molecule has 16 heavy (non-hydrogen) atoms. The van der Waals surface area contributed by atoms with Gasteiger partial charge in [-0.1, -0.05) is 33.1 Å². The fraction of sp³-hybridized carbons (Fsp3) is 0.923. The van der Waals surface area contributed by atoms with E-state index in [-0.39, 0.29) is 24.6 Å². The van der Waals surface area contributed by atoms with Crippen molar-refractivity contribution in [1.29, 1.82) is 5.26 Å². The van der Waals surface area contributed by atoms with Crippen molar-refractivity contribution >= 4 is 0 Å². The highest BCUT2D eigenvalue weighted by molar-refractivity contribution is 4.95. The number of nitrogens with zero attached hydrogens (tertiary/aromatic N) is 1. The minimum absolute atomic E-state index is 0.121. The molecule has 3 heteroatoms. The summed E-state index contributed by atoms with van der Waals surface area (Å²) in [4.78, 5) is 0. The Morgan fingerprint density at radius 2 is 2.00 bits per heavy atom. The van der Waals surface area contributed by atoms with Gasteiger partial charge in [-0.3, -0.25) is 0 Å². The third-order valence-electron chi connectivity index (χ3n) is 3.61. The molecule has 1 rings (SSSR count). The van der Waals surface area contributed by atoms with Crippen LogP contribution >= 0.6 is 0 Å². The van der Waals surface area contributed by atoms with Gasteiger partial charge < -0.3 is 10.4 Å². The number of aliphatic hydroxyl groups is 1. The van der Waals surface area contributed by atoms with Crippen LogP contribution in [0.1, 0.15) is 46.0 Å². The van der Waals surface area contributed by atoms with Gasteiger partial charge in [-0.15, -0.1) is 0 Å². The third kappa shape index (κ3) is 3.77. The molecule has 3 nitrogen and oxygen atoms in total. The normalized spacial score (nSPS) is 28.4. The van der Waals surface area contributed by atoms with E-state index in [1.165, 1.54) is 19.3 Å². The van der Waals surface area contributed by atoms with Gasteiger partial charge in [0.2, 0.25) is 0 Å². The molecule has 0 saturated heterocycles. The molecule has 1 fully saturated rings. The first-order valence-corrected chi connectivity index (χ1v) is 6.45. The topological polar surface area (TPSA) is 56.0 Å². The maximum atomic E-state index is 9.31. The van der Waals surface area contributed by atoms with Crippen LogP contribution in [0.15, 0.2) is 0 Å². The summed E-state index contributed by atoms with van der Waals surface area (Å²) >= 11 is 0. The number of rotatable bonds is 4. The average molecular weight is 224 g/mol. The van der Waals surface area contributed by atoms with E-state index in [2.05, 4.69) is 25.2 Å². The zero-order valence-electron chi connectivity index (χ0n) is 10.4. The fourth-order valence-corrected chi connectivity index (χ4v) is 2.39. The number of hydrogen-bond donors (Lipinski definition) is 2. The Morgan fingerprint density at radius 3 is 2.56 bits per heavy atom. The van der Waals surface area contributed by atoms with Crippen molar-refractivity contribution in [1.82, 2.24) is 5.32 Å². The van der Waals surface area contributed by atoms with Gasteiger partial charge in [0.05, 0.1) is 18.6 Å². The summed E-state index contributed by atoms with van der Waals surface area (Å²) in [6.07, 6.45) is 5.68. The highest BCUT2D eigenvalue weighted by Crippen LogP contribution is 2.23. The van der Waals surface area contributed by atoms with E-state index in [0.717, 1.165) is 12.8 Å². The van der Waals surface area contributed by atoms with E-state index < -0.39 is 0 Å². The van der Waals surface area contributed by atoms with Crippen molar-refractivity contribution in [2.45, 2.75) is 58.0 Å². The second kappa shape index (κ2) is 6.88. The Hall–Kier alpha value is -0.590. The van der Waals surface area contributed by atoms with Crippen molar-refractivity contribution in [2.24, 2.45) is 11.8 Å². The van der Waals surface area contributed by atoms with E-state index >= 15 is 0 Å². The molecule has 0 aliphatic heterocycles. The molecular weight excluding hydrogens is 200 g/mol. The predicted octanol–water partition coefficient (Wildman–Crippen LogP) is 2.07. The molecule has 0 aromatic rings. The van der Waals surface area contributed by atoms with Crippen LogP contribution in [-0.2, 0) is 0 Å². The van der Waals surface area contributed by atoms with Gasteiger partial charge in [0.1, 0.15) is 0 Å². The fourth-order valence-electron chi connectivity index (χ4n) is 2.39. The molecule has 0 spiro atoms. The van der Waals surface area contributed by atoms with Crippen molar-refractivity contribution in [3.63, 3.8) is 0 Å².